The van der Waals surface area contributed by atoms with Crippen LogP contribution in [0.1, 0.15) is 113 Å². The van der Waals surface area contributed by atoms with E-state index in [2.05, 4.69) is 57.5 Å². The fourth-order valence-electron chi connectivity index (χ4n) is 9.54. The summed E-state index contributed by atoms with van der Waals surface area (Å²) < 4.78 is 0. The minimum absolute atomic E-state index is 0.0171. The molecule has 196 valence electrons. The fraction of sp³-hybridized carbons (Fsp3) is 0.933. The predicted molar refractivity (Wildman–Crippen MR) is 144 cm³/mol. The fourth-order valence-corrected chi connectivity index (χ4v) is 9.93. The molecule has 3 nitrogen and oxygen atoms in total. The Labute approximate surface area is 217 Å². The van der Waals surface area contributed by atoms with Crippen LogP contribution >= 0.6 is 15.9 Å². The third-order valence-electron chi connectivity index (χ3n) is 12.3. The van der Waals surface area contributed by atoms with Gasteiger partial charge in [0.05, 0.1) is 17.8 Å². The molecule has 4 heteroatoms. The van der Waals surface area contributed by atoms with E-state index in [9.17, 15) is 15.3 Å². The predicted octanol–water partition coefficient (Wildman–Crippen LogP) is 7.02. The maximum atomic E-state index is 11.2. The number of fused-ring (bicyclic) bond motifs is 4. The molecule has 0 aromatic heterocycles. The Kier molecular flexibility index (Phi) is 6.84. The molecule has 34 heavy (non-hydrogen) atoms. The number of allylic oxidation sites excluding steroid dienone is 2. The summed E-state index contributed by atoms with van der Waals surface area (Å²) in [5.74, 6) is 1.27. The van der Waals surface area contributed by atoms with E-state index in [1.165, 1.54) is 38.5 Å². The second-order valence-corrected chi connectivity index (χ2v) is 15.6. The molecule has 2 fully saturated rings. The second kappa shape index (κ2) is 8.57. The highest BCUT2D eigenvalue weighted by atomic mass is 79.9. The van der Waals surface area contributed by atoms with Gasteiger partial charge < -0.3 is 15.3 Å². The van der Waals surface area contributed by atoms with Crippen molar-refractivity contribution in [3.8, 4) is 0 Å². The van der Waals surface area contributed by atoms with Crippen LogP contribution in [-0.2, 0) is 0 Å². The van der Waals surface area contributed by atoms with Crippen molar-refractivity contribution in [2.45, 2.75) is 136 Å². The summed E-state index contributed by atoms with van der Waals surface area (Å²) >= 11 is 3.63. The molecule has 0 aromatic carbocycles. The highest BCUT2D eigenvalue weighted by Gasteiger charge is 2.63. The number of aliphatic hydroxyl groups excluding tert-OH is 2. The van der Waals surface area contributed by atoms with Crippen molar-refractivity contribution in [3.05, 3.63) is 11.1 Å². The van der Waals surface area contributed by atoms with Gasteiger partial charge in [0.1, 0.15) is 0 Å². The molecule has 0 saturated heterocycles. The van der Waals surface area contributed by atoms with Gasteiger partial charge >= 0.3 is 0 Å². The van der Waals surface area contributed by atoms with Crippen molar-refractivity contribution in [2.75, 3.05) is 0 Å². The molecule has 0 bridgehead atoms. The van der Waals surface area contributed by atoms with Crippen molar-refractivity contribution >= 4 is 15.9 Å². The van der Waals surface area contributed by atoms with Gasteiger partial charge in [0.15, 0.2) is 0 Å². The first-order valence-corrected chi connectivity index (χ1v) is 14.9. The van der Waals surface area contributed by atoms with Crippen LogP contribution in [-0.4, -0.2) is 38.0 Å². The largest absolute Gasteiger partial charge is 0.393 e. The molecule has 0 amide bonds. The highest BCUT2D eigenvalue weighted by Crippen LogP contribution is 2.72. The van der Waals surface area contributed by atoms with E-state index in [4.69, 9.17) is 0 Å². The molecular formula is C30H51BrO3. The van der Waals surface area contributed by atoms with Crippen LogP contribution in [0.2, 0.25) is 0 Å². The zero-order valence-electron chi connectivity index (χ0n) is 23.0. The quantitative estimate of drug-likeness (QED) is 0.260. The lowest BCUT2D eigenvalue weighted by atomic mass is 9.43. The molecule has 2 saturated carbocycles. The molecule has 0 heterocycles. The smallest absolute Gasteiger partial charge is 0.0717 e. The molecule has 9 atom stereocenters. The summed E-state index contributed by atoms with van der Waals surface area (Å²) in [4.78, 5) is -0.112. The molecule has 4 rings (SSSR count). The zero-order valence-corrected chi connectivity index (χ0v) is 24.6. The van der Waals surface area contributed by atoms with E-state index >= 15 is 0 Å². The number of alkyl halides is 1. The number of halogens is 1. The summed E-state index contributed by atoms with van der Waals surface area (Å²) in [6, 6.07) is 0. The number of rotatable bonds is 5. The Morgan fingerprint density at radius 1 is 0.971 bits per heavy atom. The molecule has 3 N–H and O–H groups in total. The Hall–Kier alpha value is 0.100. The second-order valence-electron chi connectivity index (χ2n) is 14.5. The van der Waals surface area contributed by atoms with Gasteiger partial charge in [-0.2, -0.15) is 0 Å². The average molecular weight is 540 g/mol. The minimum atomic E-state index is -0.839. The molecule has 3 unspecified atom stereocenters. The minimum Gasteiger partial charge on any atom is -0.393 e. The van der Waals surface area contributed by atoms with Crippen LogP contribution in [0.25, 0.3) is 0 Å². The SMILES string of the molecule is C[C@H](C(O)CC(Br)C(C)(C)O)[C@H]1CC[C@@]2(C)C3=C(CC[C@]12C)[C@@]1(C)CC[C@H](O)C(C)(C)C1CC3. The van der Waals surface area contributed by atoms with E-state index < -0.39 is 11.7 Å². The Balaban J connectivity index is 1.63. The average Bonchev–Trinajstić information content (AvgIpc) is 3.01. The molecule has 0 spiro atoms. The third-order valence-corrected chi connectivity index (χ3v) is 13.7. The van der Waals surface area contributed by atoms with Gasteiger partial charge in [-0.1, -0.05) is 68.6 Å². The topological polar surface area (TPSA) is 60.7 Å². The van der Waals surface area contributed by atoms with E-state index in [0.29, 0.717) is 18.3 Å². The van der Waals surface area contributed by atoms with Crippen molar-refractivity contribution in [2.24, 2.45) is 39.4 Å². The first-order chi connectivity index (χ1) is 15.5. The Morgan fingerprint density at radius 3 is 2.24 bits per heavy atom. The van der Waals surface area contributed by atoms with E-state index in [0.717, 1.165) is 12.8 Å². The van der Waals surface area contributed by atoms with Gasteiger partial charge in [0, 0.05) is 4.83 Å². The van der Waals surface area contributed by atoms with E-state index in [1.807, 2.05) is 13.8 Å². The van der Waals surface area contributed by atoms with Gasteiger partial charge in [-0.25, -0.2) is 0 Å². The standard InChI is InChI=1S/C30H51BrO3/c1-18(22(32)17-24(31)27(4,5)34)19-11-15-30(8)21-9-10-23-26(2,3)25(33)13-14-28(23,6)20(21)12-16-29(19,30)7/h18-19,22-25,32-34H,9-17H2,1-8H3/t18-,19+,22?,23?,24?,25-,28+,29+,30-/m0/s1. The first kappa shape index (κ1) is 27.1. The van der Waals surface area contributed by atoms with Gasteiger partial charge in [-0.3, -0.25) is 0 Å². The third kappa shape index (κ3) is 3.82. The summed E-state index contributed by atoms with van der Waals surface area (Å²) in [5, 5.41) is 32.4. The lowest BCUT2D eigenvalue weighted by molar-refractivity contribution is -0.0971. The van der Waals surface area contributed by atoms with Crippen LogP contribution in [0.15, 0.2) is 11.1 Å². The maximum absolute atomic E-state index is 11.2. The summed E-state index contributed by atoms with van der Waals surface area (Å²) in [6.07, 6.45) is 9.21. The van der Waals surface area contributed by atoms with Crippen LogP contribution in [0.5, 0.6) is 0 Å². The van der Waals surface area contributed by atoms with Crippen molar-refractivity contribution in [1.82, 2.24) is 0 Å². The molecule has 4 aliphatic carbocycles. The monoisotopic (exact) mass is 538 g/mol. The molecular weight excluding hydrogens is 488 g/mol. The van der Waals surface area contributed by atoms with E-state index in [1.54, 1.807) is 11.1 Å². The lowest BCUT2D eigenvalue weighted by Gasteiger charge is -2.62. The van der Waals surface area contributed by atoms with Gasteiger partial charge in [0.2, 0.25) is 0 Å². The summed E-state index contributed by atoms with van der Waals surface area (Å²) in [7, 11) is 0. The highest BCUT2D eigenvalue weighted by molar-refractivity contribution is 9.09. The Morgan fingerprint density at radius 2 is 1.62 bits per heavy atom. The normalized spacial score (nSPS) is 44.6. The van der Waals surface area contributed by atoms with Crippen LogP contribution in [0.4, 0.5) is 0 Å². The zero-order chi connectivity index (χ0) is 25.5. The number of hydrogen-bond acceptors (Lipinski definition) is 3. The first-order valence-electron chi connectivity index (χ1n) is 14.0. The number of hydrogen-bond donors (Lipinski definition) is 3. The van der Waals surface area contributed by atoms with Crippen LogP contribution in [0, 0.1) is 39.4 Å². The van der Waals surface area contributed by atoms with Gasteiger partial charge in [-0.05, 0) is 111 Å². The van der Waals surface area contributed by atoms with Crippen molar-refractivity contribution in [3.63, 3.8) is 0 Å². The lowest BCUT2D eigenvalue weighted by Crippen LogP contribution is -2.55. The number of aliphatic hydroxyl groups is 3. The molecule has 0 aromatic rings. The van der Waals surface area contributed by atoms with E-state index in [-0.39, 0.29) is 38.5 Å². The maximum Gasteiger partial charge on any atom is 0.0717 e. The summed E-state index contributed by atoms with van der Waals surface area (Å²) in [5.41, 5.74) is 3.28. The van der Waals surface area contributed by atoms with Crippen LogP contribution < -0.4 is 0 Å². The summed E-state index contributed by atoms with van der Waals surface area (Å²) in [6.45, 7) is 18.1. The molecule has 0 radical (unpaired) electrons. The van der Waals surface area contributed by atoms with Crippen molar-refractivity contribution < 1.29 is 15.3 Å². The van der Waals surface area contributed by atoms with Crippen LogP contribution in [0.3, 0.4) is 0 Å². The molecule has 4 aliphatic rings. The van der Waals surface area contributed by atoms with Gasteiger partial charge in [-0.15, -0.1) is 0 Å². The van der Waals surface area contributed by atoms with Gasteiger partial charge in [0.25, 0.3) is 0 Å². The molecule has 0 aliphatic heterocycles. The Bertz CT molecular complexity index is 827. The van der Waals surface area contributed by atoms with Crippen molar-refractivity contribution in [1.29, 1.82) is 0 Å².